The van der Waals surface area contributed by atoms with Gasteiger partial charge in [0.2, 0.25) is 0 Å². The van der Waals surface area contributed by atoms with Gasteiger partial charge in [0.15, 0.2) is 0 Å². The van der Waals surface area contributed by atoms with Crippen molar-refractivity contribution in [3.8, 4) is 0 Å². The van der Waals surface area contributed by atoms with Crippen LogP contribution >= 0.6 is 0 Å². The summed E-state index contributed by atoms with van der Waals surface area (Å²) in [6.45, 7) is 4.86. The average molecular weight is 388 g/mol. The molecule has 0 saturated carbocycles. The fourth-order valence-corrected chi connectivity index (χ4v) is 3.40. The predicted octanol–water partition coefficient (Wildman–Crippen LogP) is 3.01. The molecule has 1 unspecified atom stereocenters. The highest BCUT2D eigenvalue weighted by Crippen LogP contribution is 2.17. The molecule has 1 saturated heterocycles. The largest absolute Gasteiger partial charge is 0.362 e. The Morgan fingerprint density at radius 3 is 2.34 bits per heavy atom. The van der Waals surface area contributed by atoms with E-state index in [1.165, 1.54) is 5.56 Å². The van der Waals surface area contributed by atoms with Crippen molar-refractivity contribution in [1.29, 1.82) is 0 Å². The number of carbonyl (C=O) groups is 1. The molecule has 3 aromatic rings. The number of amides is 1. The Kier molecular flexibility index (Phi) is 5.65. The van der Waals surface area contributed by atoms with E-state index in [1.807, 2.05) is 41.3 Å². The smallest absolute Gasteiger partial charge is 0.274 e. The third-order valence-corrected chi connectivity index (χ3v) is 5.08. The molecule has 29 heavy (non-hydrogen) atoms. The molecule has 7 nitrogen and oxygen atoms in total. The number of aromatic nitrogens is 3. The van der Waals surface area contributed by atoms with Crippen LogP contribution in [0.25, 0.3) is 0 Å². The molecule has 7 heteroatoms. The highest BCUT2D eigenvalue weighted by molar-refractivity contribution is 5.92. The lowest BCUT2D eigenvalue weighted by Gasteiger charge is -2.35. The van der Waals surface area contributed by atoms with Gasteiger partial charge in [0.1, 0.15) is 17.3 Å². The Hall–Kier alpha value is -3.48. The number of hydrogen-bond donors (Lipinski definition) is 1. The minimum Gasteiger partial charge on any atom is -0.362 e. The second kappa shape index (κ2) is 8.68. The summed E-state index contributed by atoms with van der Waals surface area (Å²) in [5, 5.41) is 3.32. The predicted molar refractivity (Wildman–Crippen MR) is 113 cm³/mol. The molecule has 148 valence electrons. The van der Waals surface area contributed by atoms with Crippen molar-refractivity contribution in [3.63, 3.8) is 0 Å². The number of hydrogen-bond acceptors (Lipinski definition) is 6. The maximum atomic E-state index is 12.8. The Morgan fingerprint density at radius 1 is 0.931 bits per heavy atom. The molecule has 1 aromatic carbocycles. The third kappa shape index (κ3) is 4.51. The van der Waals surface area contributed by atoms with Crippen LogP contribution in [0.4, 0.5) is 11.6 Å². The number of rotatable bonds is 5. The van der Waals surface area contributed by atoms with Gasteiger partial charge in [-0.3, -0.25) is 4.79 Å². The zero-order valence-corrected chi connectivity index (χ0v) is 16.4. The molecular formula is C22H24N6O. The normalized spacial score (nSPS) is 15.1. The van der Waals surface area contributed by atoms with Crippen molar-refractivity contribution in [3.05, 3.63) is 78.4 Å². The van der Waals surface area contributed by atoms with Gasteiger partial charge in [-0.2, -0.15) is 0 Å². The van der Waals surface area contributed by atoms with Crippen LogP contribution in [-0.4, -0.2) is 51.9 Å². The van der Waals surface area contributed by atoms with E-state index in [0.29, 0.717) is 24.6 Å². The SMILES string of the molecule is CC(Nc1cnc(C(=O)N2CCN(c3ccccn3)CC2)cn1)c1ccccc1. The van der Waals surface area contributed by atoms with Gasteiger partial charge in [-0.25, -0.2) is 15.0 Å². The van der Waals surface area contributed by atoms with Crippen LogP contribution < -0.4 is 10.2 Å². The first-order chi connectivity index (χ1) is 14.2. The Morgan fingerprint density at radius 2 is 1.69 bits per heavy atom. The van der Waals surface area contributed by atoms with Crippen LogP contribution in [0.2, 0.25) is 0 Å². The first-order valence-corrected chi connectivity index (χ1v) is 9.79. The average Bonchev–Trinajstić information content (AvgIpc) is 2.80. The summed E-state index contributed by atoms with van der Waals surface area (Å²) < 4.78 is 0. The van der Waals surface area contributed by atoms with E-state index in [1.54, 1.807) is 18.6 Å². The molecule has 0 radical (unpaired) electrons. The minimum atomic E-state index is -0.0826. The monoisotopic (exact) mass is 388 g/mol. The first kappa shape index (κ1) is 18.9. The Balaban J connectivity index is 1.34. The van der Waals surface area contributed by atoms with Crippen LogP contribution in [0.1, 0.15) is 29.0 Å². The number of nitrogens with one attached hydrogen (secondary N) is 1. The summed E-state index contributed by atoms with van der Waals surface area (Å²) in [4.78, 5) is 29.9. The maximum Gasteiger partial charge on any atom is 0.274 e. The van der Waals surface area contributed by atoms with E-state index in [-0.39, 0.29) is 11.9 Å². The molecule has 1 N–H and O–H groups in total. The fraction of sp³-hybridized carbons (Fsp3) is 0.273. The van der Waals surface area contributed by atoms with E-state index in [9.17, 15) is 4.79 Å². The lowest BCUT2D eigenvalue weighted by molar-refractivity contribution is 0.0740. The summed E-state index contributed by atoms with van der Waals surface area (Å²) in [7, 11) is 0. The second-order valence-electron chi connectivity index (χ2n) is 7.03. The van der Waals surface area contributed by atoms with Gasteiger partial charge in [-0.15, -0.1) is 0 Å². The van der Waals surface area contributed by atoms with Crippen molar-refractivity contribution < 1.29 is 4.79 Å². The zero-order chi connectivity index (χ0) is 20.1. The standard InChI is InChI=1S/C22H24N6O/c1-17(18-7-3-2-4-8-18)26-20-16-24-19(15-25-20)22(29)28-13-11-27(12-14-28)21-9-5-6-10-23-21/h2-10,15-17H,11-14H2,1H3,(H,25,26). The van der Waals surface area contributed by atoms with Gasteiger partial charge < -0.3 is 15.1 Å². The fourth-order valence-electron chi connectivity index (χ4n) is 3.40. The van der Waals surface area contributed by atoms with Crippen LogP contribution in [-0.2, 0) is 0 Å². The number of pyridine rings is 1. The molecule has 4 rings (SSSR count). The lowest BCUT2D eigenvalue weighted by Crippen LogP contribution is -2.49. The summed E-state index contributed by atoms with van der Waals surface area (Å²) in [5.41, 5.74) is 1.54. The second-order valence-corrected chi connectivity index (χ2v) is 7.03. The molecule has 0 spiro atoms. The summed E-state index contributed by atoms with van der Waals surface area (Å²) >= 11 is 0. The number of carbonyl (C=O) groups excluding carboxylic acids is 1. The first-order valence-electron chi connectivity index (χ1n) is 9.79. The van der Waals surface area contributed by atoms with Crippen molar-refractivity contribution >= 4 is 17.5 Å². The highest BCUT2D eigenvalue weighted by Gasteiger charge is 2.23. The van der Waals surface area contributed by atoms with Gasteiger partial charge in [-0.1, -0.05) is 36.4 Å². The summed E-state index contributed by atoms with van der Waals surface area (Å²) in [5.74, 6) is 1.51. The molecular weight excluding hydrogens is 364 g/mol. The lowest BCUT2D eigenvalue weighted by atomic mass is 10.1. The van der Waals surface area contributed by atoms with Crippen LogP contribution in [0, 0.1) is 0 Å². The van der Waals surface area contributed by atoms with E-state index >= 15 is 0 Å². The summed E-state index contributed by atoms with van der Waals surface area (Å²) in [6, 6.07) is 16.1. The molecule has 1 atom stereocenters. The van der Waals surface area contributed by atoms with E-state index in [0.717, 1.165) is 18.9 Å². The molecule has 3 heterocycles. The third-order valence-electron chi connectivity index (χ3n) is 5.08. The molecule has 0 bridgehead atoms. The zero-order valence-electron chi connectivity index (χ0n) is 16.4. The van der Waals surface area contributed by atoms with Crippen molar-refractivity contribution in [1.82, 2.24) is 19.9 Å². The van der Waals surface area contributed by atoms with E-state index in [4.69, 9.17) is 0 Å². The van der Waals surface area contributed by atoms with E-state index < -0.39 is 0 Å². The molecule has 0 aliphatic carbocycles. The molecule has 2 aromatic heterocycles. The molecule has 1 amide bonds. The van der Waals surface area contributed by atoms with Crippen LogP contribution in [0.15, 0.2) is 67.1 Å². The van der Waals surface area contributed by atoms with Crippen LogP contribution in [0.5, 0.6) is 0 Å². The van der Waals surface area contributed by atoms with Gasteiger partial charge in [0.25, 0.3) is 5.91 Å². The maximum absolute atomic E-state index is 12.8. The number of anilines is 2. The quantitative estimate of drug-likeness (QED) is 0.724. The van der Waals surface area contributed by atoms with Crippen molar-refractivity contribution in [2.24, 2.45) is 0 Å². The van der Waals surface area contributed by atoms with Crippen molar-refractivity contribution in [2.45, 2.75) is 13.0 Å². The van der Waals surface area contributed by atoms with E-state index in [2.05, 4.69) is 44.2 Å². The summed E-state index contributed by atoms with van der Waals surface area (Å²) in [6.07, 6.45) is 4.96. The highest BCUT2D eigenvalue weighted by atomic mass is 16.2. The topological polar surface area (TPSA) is 74.2 Å². The number of nitrogens with zero attached hydrogens (tertiary/aromatic N) is 5. The van der Waals surface area contributed by atoms with Gasteiger partial charge in [0.05, 0.1) is 12.4 Å². The Bertz CT molecular complexity index is 925. The number of benzene rings is 1. The molecule has 1 fully saturated rings. The minimum absolute atomic E-state index is 0.0826. The molecule has 1 aliphatic heterocycles. The molecule has 1 aliphatic rings. The van der Waals surface area contributed by atoms with Crippen LogP contribution in [0.3, 0.4) is 0 Å². The van der Waals surface area contributed by atoms with Gasteiger partial charge in [0, 0.05) is 38.4 Å². The van der Waals surface area contributed by atoms with Crippen molar-refractivity contribution in [2.75, 3.05) is 36.4 Å². The van der Waals surface area contributed by atoms with Gasteiger partial charge >= 0.3 is 0 Å². The Labute approximate surface area is 170 Å². The van der Waals surface area contributed by atoms with Gasteiger partial charge in [-0.05, 0) is 24.6 Å². The number of piperazine rings is 1.